The fourth-order valence-corrected chi connectivity index (χ4v) is 3.16. The van der Waals surface area contributed by atoms with Gasteiger partial charge in [-0.2, -0.15) is 0 Å². The van der Waals surface area contributed by atoms with Crippen LogP contribution in [0.2, 0.25) is 5.02 Å². The Kier molecular flexibility index (Phi) is 4.67. The fourth-order valence-electron chi connectivity index (χ4n) is 1.58. The van der Waals surface area contributed by atoms with E-state index in [1.54, 1.807) is 11.3 Å². The molecule has 0 saturated carbocycles. The Morgan fingerprint density at radius 3 is 2.78 bits per heavy atom. The van der Waals surface area contributed by atoms with E-state index in [1.807, 2.05) is 37.3 Å². The molecule has 1 atom stereocenters. The minimum Gasteiger partial charge on any atom is -0.488 e. The molecule has 0 aliphatic rings. The van der Waals surface area contributed by atoms with Crippen molar-refractivity contribution in [3.63, 3.8) is 0 Å². The molecule has 2 nitrogen and oxygen atoms in total. The van der Waals surface area contributed by atoms with Gasteiger partial charge in [0, 0.05) is 21.5 Å². The summed E-state index contributed by atoms with van der Waals surface area (Å²) in [6.07, 6.45) is 0. The first-order chi connectivity index (χ1) is 8.56. The highest BCUT2D eigenvalue weighted by atomic mass is 79.9. The van der Waals surface area contributed by atoms with Crippen LogP contribution in [0, 0.1) is 0 Å². The Labute approximate surface area is 124 Å². The monoisotopic (exact) mass is 345 g/mol. The molecule has 1 aromatic heterocycles. The Morgan fingerprint density at radius 2 is 2.17 bits per heavy atom. The molecular weight excluding hydrogens is 334 g/mol. The molecule has 5 heteroatoms. The number of hydrogen-bond acceptors (Lipinski definition) is 3. The van der Waals surface area contributed by atoms with Crippen LogP contribution in [0.3, 0.4) is 0 Å². The number of hydrogen-bond donors (Lipinski definition) is 1. The third kappa shape index (κ3) is 3.48. The number of halogens is 2. The summed E-state index contributed by atoms with van der Waals surface area (Å²) in [5, 5.41) is 0.675. The molecule has 0 aliphatic heterocycles. The number of benzene rings is 1. The first-order valence-electron chi connectivity index (χ1n) is 5.48. The molecule has 2 rings (SSSR count). The standard InChI is InChI=1S/C13H13BrClNOS/c1-8(16)11-6-9(15)2-4-12(11)17-7-10-3-5-13(14)18-10/h2-6,8H,7,16H2,1H3/t8-/m1/s1. The van der Waals surface area contributed by atoms with Crippen molar-refractivity contribution in [2.45, 2.75) is 19.6 Å². The van der Waals surface area contributed by atoms with Crippen molar-refractivity contribution in [1.29, 1.82) is 0 Å². The molecule has 1 heterocycles. The second-order valence-electron chi connectivity index (χ2n) is 3.97. The van der Waals surface area contributed by atoms with Crippen molar-refractivity contribution in [2.75, 3.05) is 0 Å². The number of rotatable bonds is 4. The normalized spacial score (nSPS) is 12.4. The zero-order valence-corrected chi connectivity index (χ0v) is 13.0. The van der Waals surface area contributed by atoms with Crippen LogP contribution in [0.1, 0.15) is 23.4 Å². The van der Waals surface area contributed by atoms with E-state index in [2.05, 4.69) is 15.9 Å². The quantitative estimate of drug-likeness (QED) is 0.866. The van der Waals surface area contributed by atoms with Gasteiger partial charge in [-0.25, -0.2) is 0 Å². The first kappa shape index (κ1) is 13.9. The van der Waals surface area contributed by atoms with E-state index in [-0.39, 0.29) is 6.04 Å². The minimum absolute atomic E-state index is 0.103. The maximum absolute atomic E-state index is 5.97. The summed E-state index contributed by atoms with van der Waals surface area (Å²) in [5.74, 6) is 0.791. The molecule has 0 unspecified atom stereocenters. The molecule has 0 spiro atoms. The summed E-state index contributed by atoms with van der Waals surface area (Å²) in [6, 6.07) is 9.48. The highest BCUT2D eigenvalue weighted by Crippen LogP contribution is 2.29. The third-order valence-electron chi connectivity index (χ3n) is 2.46. The van der Waals surface area contributed by atoms with Crippen LogP contribution in [0.25, 0.3) is 0 Å². The van der Waals surface area contributed by atoms with E-state index in [0.717, 1.165) is 20.0 Å². The van der Waals surface area contributed by atoms with Crippen molar-refractivity contribution in [2.24, 2.45) is 5.73 Å². The average molecular weight is 347 g/mol. The van der Waals surface area contributed by atoms with Crippen LogP contribution in [-0.4, -0.2) is 0 Å². The fraction of sp³-hybridized carbons (Fsp3) is 0.231. The molecule has 0 amide bonds. The van der Waals surface area contributed by atoms with Gasteiger partial charge in [-0.15, -0.1) is 11.3 Å². The van der Waals surface area contributed by atoms with Gasteiger partial charge < -0.3 is 10.5 Å². The summed E-state index contributed by atoms with van der Waals surface area (Å²) in [6.45, 7) is 2.46. The Hall–Kier alpha value is -0.550. The Balaban J connectivity index is 2.13. The van der Waals surface area contributed by atoms with Crippen LogP contribution in [0.4, 0.5) is 0 Å². The van der Waals surface area contributed by atoms with Gasteiger partial charge in [-0.05, 0) is 53.2 Å². The third-order valence-corrected chi connectivity index (χ3v) is 4.29. The summed E-state index contributed by atoms with van der Waals surface area (Å²) in [5.41, 5.74) is 6.84. The van der Waals surface area contributed by atoms with Gasteiger partial charge in [-0.1, -0.05) is 11.6 Å². The van der Waals surface area contributed by atoms with Crippen molar-refractivity contribution in [1.82, 2.24) is 0 Å². The molecule has 0 aliphatic carbocycles. The van der Waals surface area contributed by atoms with Gasteiger partial charge in [0.2, 0.25) is 0 Å². The van der Waals surface area contributed by atoms with E-state index in [9.17, 15) is 0 Å². The van der Waals surface area contributed by atoms with Gasteiger partial charge in [0.05, 0.1) is 3.79 Å². The predicted molar refractivity (Wildman–Crippen MR) is 80.4 cm³/mol. The van der Waals surface area contributed by atoms with Crippen molar-refractivity contribution >= 4 is 38.9 Å². The average Bonchev–Trinajstić information content (AvgIpc) is 2.73. The summed E-state index contributed by atoms with van der Waals surface area (Å²) >= 11 is 11.1. The van der Waals surface area contributed by atoms with Gasteiger partial charge in [-0.3, -0.25) is 0 Å². The van der Waals surface area contributed by atoms with Crippen LogP contribution >= 0.6 is 38.9 Å². The van der Waals surface area contributed by atoms with Gasteiger partial charge in [0.15, 0.2) is 0 Å². The Morgan fingerprint density at radius 1 is 1.39 bits per heavy atom. The topological polar surface area (TPSA) is 35.2 Å². The highest BCUT2D eigenvalue weighted by Gasteiger charge is 2.09. The molecule has 18 heavy (non-hydrogen) atoms. The largest absolute Gasteiger partial charge is 0.488 e. The van der Waals surface area contributed by atoms with Crippen LogP contribution in [0.5, 0.6) is 5.75 Å². The zero-order valence-electron chi connectivity index (χ0n) is 9.82. The van der Waals surface area contributed by atoms with E-state index in [0.29, 0.717) is 11.6 Å². The maximum Gasteiger partial charge on any atom is 0.124 e. The minimum atomic E-state index is -0.103. The molecule has 0 fully saturated rings. The molecular formula is C13H13BrClNOS. The van der Waals surface area contributed by atoms with Crippen molar-refractivity contribution < 1.29 is 4.74 Å². The molecule has 96 valence electrons. The number of ether oxygens (including phenoxy) is 1. The maximum atomic E-state index is 5.97. The SMILES string of the molecule is C[C@@H](N)c1cc(Cl)ccc1OCc1ccc(Br)s1. The molecule has 2 aromatic rings. The Bertz CT molecular complexity index is 542. The smallest absolute Gasteiger partial charge is 0.124 e. The molecule has 2 N–H and O–H groups in total. The van der Waals surface area contributed by atoms with Gasteiger partial charge in [0.1, 0.15) is 12.4 Å². The number of thiophene rings is 1. The lowest BCUT2D eigenvalue weighted by Crippen LogP contribution is -2.07. The van der Waals surface area contributed by atoms with Crippen molar-refractivity contribution in [3.8, 4) is 5.75 Å². The first-order valence-corrected chi connectivity index (χ1v) is 7.47. The second kappa shape index (κ2) is 6.06. The lowest BCUT2D eigenvalue weighted by Gasteiger charge is -2.13. The van der Waals surface area contributed by atoms with E-state index in [4.69, 9.17) is 22.1 Å². The molecule has 0 saturated heterocycles. The predicted octanol–water partition coefficient (Wildman–Crippen LogP) is 4.76. The van der Waals surface area contributed by atoms with E-state index >= 15 is 0 Å². The molecule has 0 radical (unpaired) electrons. The lowest BCUT2D eigenvalue weighted by molar-refractivity contribution is 0.305. The highest BCUT2D eigenvalue weighted by molar-refractivity contribution is 9.11. The van der Waals surface area contributed by atoms with Crippen molar-refractivity contribution in [3.05, 3.63) is 49.6 Å². The lowest BCUT2D eigenvalue weighted by atomic mass is 10.1. The van der Waals surface area contributed by atoms with E-state index in [1.165, 1.54) is 0 Å². The summed E-state index contributed by atoms with van der Waals surface area (Å²) < 4.78 is 6.91. The van der Waals surface area contributed by atoms with Crippen LogP contribution in [0.15, 0.2) is 34.1 Å². The summed E-state index contributed by atoms with van der Waals surface area (Å²) in [4.78, 5) is 1.16. The van der Waals surface area contributed by atoms with Crippen LogP contribution < -0.4 is 10.5 Å². The second-order valence-corrected chi connectivity index (χ2v) is 6.95. The van der Waals surface area contributed by atoms with Crippen LogP contribution in [-0.2, 0) is 6.61 Å². The zero-order chi connectivity index (χ0) is 13.1. The summed E-state index contributed by atoms with van der Waals surface area (Å²) in [7, 11) is 0. The van der Waals surface area contributed by atoms with Gasteiger partial charge >= 0.3 is 0 Å². The van der Waals surface area contributed by atoms with Gasteiger partial charge in [0.25, 0.3) is 0 Å². The number of nitrogens with two attached hydrogens (primary N) is 1. The molecule has 1 aromatic carbocycles. The van der Waals surface area contributed by atoms with E-state index < -0.39 is 0 Å². The molecule has 0 bridgehead atoms.